The van der Waals surface area contributed by atoms with Crippen molar-refractivity contribution < 1.29 is 9.59 Å². The molecule has 1 atom stereocenters. The van der Waals surface area contributed by atoms with Gasteiger partial charge in [-0.2, -0.15) is 0 Å². The Kier molecular flexibility index (Phi) is 13.1. The Morgan fingerprint density at radius 2 is 1.63 bits per heavy atom. The summed E-state index contributed by atoms with van der Waals surface area (Å²) in [6, 6.07) is 8.69. The first-order valence-electron chi connectivity index (χ1n) is 13.6. The summed E-state index contributed by atoms with van der Waals surface area (Å²) in [5.74, 6) is 1.88. The number of amides is 1. The lowest BCUT2D eigenvalue weighted by Gasteiger charge is -2.10. The number of aliphatic imine (C=N–C) groups is 1. The predicted molar refractivity (Wildman–Crippen MR) is 158 cm³/mol. The SMILES string of the molecule is C=O.CCCCCCCCNC=O.CC[C@@H]1N=C(c2ccc(C)cc2)c2c(sc(C)c2C)-n2c(C)nnc21. The van der Waals surface area contributed by atoms with E-state index < -0.39 is 0 Å². The Hall–Kier alpha value is -3.13. The van der Waals surface area contributed by atoms with E-state index in [0.717, 1.165) is 43.2 Å². The maximum absolute atomic E-state index is 9.83. The van der Waals surface area contributed by atoms with Crippen LogP contribution in [0, 0.1) is 27.7 Å². The number of hydrogen-bond acceptors (Lipinski definition) is 6. The molecule has 3 aromatic rings. The Morgan fingerprint density at radius 1 is 0.974 bits per heavy atom. The van der Waals surface area contributed by atoms with Crippen molar-refractivity contribution in [1.29, 1.82) is 0 Å². The summed E-state index contributed by atoms with van der Waals surface area (Å²) in [4.78, 5) is 24.3. The van der Waals surface area contributed by atoms with E-state index in [1.807, 2.05) is 25.0 Å². The lowest BCUT2D eigenvalue weighted by molar-refractivity contribution is -0.109. The molecular weight excluding hydrogens is 494 g/mol. The molecule has 4 rings (SSSR count). The van der Waals surface area contributed by atoms with Gasteiger partial charge in [-0.15, -0.1) is 21.5 Å². The van der Waals surface area contributed by atoms with Gasteiger partial charge in [0.05, 0.1) is 5.71 Å². The zero-order valence-corrected chi connectivity index (χ0v) is 24.7. The van der Waals surface area contributed by atoms with Gasteiger partial charge in [0, 0.05) is 22.5 Å². The van der Waals surface area contributed by atoms with Crippen LogP contribution in [0.2, 0.25) is 0 Å². The van der Waals surface area contributed by atoms with Gasteiger partial charge in [0.25, 0.3) is 0 Å². The molecule has 0 saturated heterocycles. The van der Waals surface area contributed by atoms with Crippen LogP contribution in [0.15, 0.2) is 29.3 Å². The van der Waals surface area contributed by atoms with E-state index in [9.17, 15) is 4.79 Å². The smallest absolute Gasteiger partial charge is 0.207 e. The second-order valence-corrected chi connectivity index (χ2v) is 10.7. The molecule has 0 bridgehead atoms. The number of carbonyl (C=O) groups is 2. The molecular formula is C30H43N5O2S. The van der Waals surface area contributed by atoms with Gasteiger partial charge in [0.2, 0.25) is 6.41 Å². The summed E-state index contributed by atoms with van der Waals surface area (Å²) in [6.45, 7) is 15.7. The highest BCUT2D eigenvalue weighted by Crippen LogP contribution is 2.39. The first-order chi connectivity index (χ1) is 18.4. The molecule has 1 N–H and O–H groups in total. The number of unbranched alkanes of at least 4 members (excludes halogenated alkanes) is 5. The van der Waals surface area contributed by atoms with Crippen LogP contribution < -0.4 is 5.32 Å². The minimum atomic E-state index is 0.0248. The summed E-state index contributed by atoms with van der Waals surface area (Å²) < 4.78 is 2.21. The van der Waals surface area contributed by atoms with Crippen molar-refractivity contribution in [2.75, 3.05) is 6.54 Å². The number of thiophene rings is 1. The predicted octanol–water partition coefficient (Wildman–Crippen LogP) is 6.77. The van der Waals surface area contributed by atoms with E-state index in [4.69, 9.17) is 9.79 Å². The molecule has 0 radical (unpaired) electrons. The van der Waals surface area contributed by atoms with Gasteiger partial charge in [-0.25, -0.2) is 0 Å². The van der Waals surface area contributed by atoms with Crippen LogP contribution in [0.4, 0.5) is 0 Å². The number of carbonyl (C=O) groups excluding carboxylic acids is 2. The number of nitrogens with one attached hydrogen (secondary N) is 1. The van der Waals surface area contributed by atoms with Gasteiger partial charge in [0.1, 0.15) is 23.7 Å². The fraction of sp³-hybridized carbons (Fsp3) is 0.500. The molecule has 0 saturated carbocycles. The number of fused-ring (bicyclic) bond motifs is 3. The molecule has 1 amide bonds. The van der Waals surface area contributed by atoms with Crippen molar-refractivity contribution in [1.82, 2.24) is 20.1 Å². The van der Waals surface area contributed by atoms with Gasteiger partial charge < -0.3 is 10.1 Å². The molecule has 1 aliphatic rings. The van der Waals surface area contributed by atoms with Gasteiger partial charge in [-0.3, -0.25) is 14.4 Å². The van der Waals surface area contributed by atoms with Crippen molar-refractivity contribution in [3.05, 3.63) is 63.0 Å². The highest BCUT2D eigenvalue weighted by atomic mass is 32.1. The zero-order chi connectivity index (χ0) is 28.1. The maximum Gasteiger partial charge on any atom is 0.207 e. The number of rotatable bonds is 10. The molecule has 0 aliphatic carbocycles. The lowest BCUT2D eigenvalue weighted by atomic mass is 9.99. The molecule has 0 fully saturated rings. The number of aryl methyl sites for hydroxylation is 3. The number of hydrogen-bond donors (Lipinski definition) is 1. The third kappa shape index (κ3) is 7.69. The molecule has 2 aromatic heterocycles. The van der Waals surface area contributed by atoms with Crippen LogP contribution in [0.3, 0.4) is 0 Å². The summed E-state index contributed by atoms with van der Waals surface area (Å²) in [5, 5.41) is 12.7. The van der Waals surface area contributed by atoms with Gasteiger partial charge in [-0.05, 0) is 46.1 Å². The first kappa shape index (κ1) is 31.1. The summed E-state index contributed by atoms with van der Waals surface area (Å²) in [5.41, 5.74) is 6.04. The van der Waals surface area contributed by atoms with Crippen LogP contribution in [-0.4, -0.2) is 40.2 Å². The second-order valence-electron chi connectivity index (χ2n) is 9.51. The third-order valence-electron chi connectivity index (χ3n) is 6.71. The third-order valence-corrected chi connectivity index (χ3v) is 7.90. The van der Waals surface area contributed by atoms with Crippen LogP contribution in [0.5, 0.6) is 0 Å². The molecule has 38 heavy (non-hydrogen) atoms. The average Bonchev–Trinajstić information content (AvgIpc) is 3.40. The van der Waals surface area contributed by atoms with Crippen LogP contribution in [0.1, 0.15) is 104 Å². The van der Waals surface area contributed by atoms with Crippen LogP contribution in [0.25, 0.3) is 5.00 Å². The number of nitrogens with zero attached hydrogens (tertiary/aromatic N) is 4. The standard InChI is InChI=1S/C20H22N4S.C9H19NO.CH2O/c1-6-16-19-23-22-14(5)24(19)20-17(12(3)13(4)25-20)18(21-16)15-9-7-11(2)8-10-15;1-2-3-4-5-6-7-8-10-9-11;1-2/h7-10,16H,6H2,1-5H3;9H,2-8H2,1H3,(H,10,11);1H2/t16-;;/m0../s1. The molecule has 3 heterocycles. The molecule has 0 unspecified atom stereocenters. The highest BCUT2D eigenvalue weighted by Gasteiger charge is 2.30. The van der Waals surface area contributed by atoms with E-state index >= 15 is 0 Å². The fourth-order valence-electron chi connectivity index (χ4n) is 4.44. The summed E-state index contributed by atoms with van der Waals surface area (Å²) in [7, 11) is 0. The van der Waals surface area contributed by atoms with Crippen molar-refractivity contribution in [3.8, 4) is 5.00 Å². The van der Waals surface area contributed by atoms with E-state index in [2.05, 4.69) is 79.0 Å². The molecule has 206 valence electrons. The van der Waals surface area contributed by atoms with E-state index in [0.29, 0.717) is 0 Å². The van der Waals surface area contributed by atoms with E-state index in [1.54, 1.807) is 0 Å². The summed E-state index contributed by atoms with van der Waals surface area (Å²) in [6.07, 6.45) is 9.36. The van der Waals surface area contributed by atoms with Gasteiger partial charge in [-0.1, -0.05) is 75.8 Å². The Bertz CT molecular complexity index is 1180. The van der Waals surface area contributed by atoms with E-state index in [1.165, 1.54) is 64.2 Å². The quantitative estimate of drug-likeness (QED) is 0.228. The van der Waals surface area contributed by atoms with Crippen molar-refractivity contribution in [2.45, 2.75) is 92.5 Å². The van der Waals surface area contributed by atoms with Gasteiger partial charge in [0.15, 0.2) is 5.82 Å². The molecule has 7 nitrogen and oxygen atoms in total. The second kappa shape index (κ2) is 16.0. The largest absolute Gasteiger partial charge is 0.359 e. The van der Waals surface area contributed by atoms with Crippen LogP contribution >= 0.6 is 11.3 Å². The normalized spacial score (nSPS) is 13.5. The molecule has 1 aromatic carbocycles. The minimum absolute atomic E-state index is 0.0248. The number of aromatic nitrogens is 3. The lowest BCUT2D eigenvalue weighted by Crippen LogP contribution is -2.11. The first-order valence-corrected chi connectivity index (χ1v) is 14.4. The Balaban J connectivity index is 0.000000332. The maximum atomic E-state index is 9.83. The van der Waals surface area contributed by atoms with Crippen LogP contribution in [-0.2, 0) is 9.59 Å². The van der Waals surface area contributed by atoms with E-state index in [-0.39, 0.29) is 6.04 Å². The Labute approximate surface area is 231 Å². The topological polar surface area (TPSA) is 89.2 Å². The fourth-order valence-corrected chi connectivity index (χ4v) is 5.65. The average molecular weight is 538 g/mol. The minimum Gasteiger partial charge on any atom is -0.359 e. The molecule has 8 heteroatoms. The number of benzene rings is 1. The van der Waals surface area contributed by atoms with Crippen molar-refractivity contribution >= 4 is 30.2 Å². The molecule has 1 aliphatic heterocycles. The Morgan fingerprint density at radius 3 is 2.26 bits per heavy atom. The van der Waals surface area contributed by atoms with Crippen molar-refractivity contribution in [3.63, 3.8) is 0 Å². The monoisotopic (exact) mass is 537 g/mol. The summed E-state index contributed by atoms with van der Waals surface area (Å²) >= 11 is 1.81. The van der Waals surface area contributed by atoms with Crippen molar-refractivity contribution in [2.24, 2.45) is 4.99 Å². The zero-order valence-electron chi connectivity index (χ0n) is 23.8. The van der Waals surface area contributed by atoms with Gasteiger partial charge >= 0.3 is 0 Å². The highest BCUT2D eigenvalue weighted by molar-refractivity contribution is 7.15. The molecule has 0 spiro atoms.